The van der Waals surface area contributed by atoms with Crippen LogP contribution in [-0.2, 0) is 30.0 Å². The molecule has 3 aliphatic heterocycles. The Labute approximate surface area is 189 Å². The zero-order valence-corrected chi connectivity index (χ0v) is 18.8. The lowest BCUT2D eigenvalue weighted by atomic mass is 9.64. The van der Waals surface area contributed by atoms with Gasteiger partial charge in [0.25, 0.3) is 0 Å². The number of hydrogen-bond acceptors (Lipinski definition) is 6. The Morgan fingerprint density at radius 3 is 2.48 bits per heavy atom. The molecule has 7 nitrogen and oxygen atoms in total. The Hall–Kier alpha value is -2.48. The lowest BCUT2D eigenvalue weighted by molar-refractivity contribution is -0.138. The molecule has 5 atom stereocenters. The van der Waals surface area contributed by atoms with Gasteiger partial charge in [0.05, 0.1) is 65.7 Å². The number of ether oxygens (including phenoxy) is 3. The number of imide groups is 1. The maximum atomic E-state index is 13.7. The van der Waals surface area contributed by atoms with Gasteiger partial charge in [0, 0.05) is 13.0 Å². The van der Waals surface area contributed by atoms with E-state index in [0.29, 0.717) is 26.2 Å². The summed E-state index contributed by atoms with van der Waals surface area (Å²) in [6.45, 7) is 5.82. The minimum Gasteiger partial charge on any atom is -0.382 e. The second kappa shape index (κ2) is 7.79. The number of halogens is 3. The van der Waals surface area contributed by atoms with E-state index < -0.39 is 52.2 Å². The molecule has 4 rings (SSSR count). The van der Waals surface area contributed by atoms with E-state index in [1.807, 2.05) is 0 Å². The van der Waals surface area contributed by atoms with Crippen LogP contribution in [0.2, 0.25) is 0 Å². The fourth-order valence-corrected chi connectivity index (χ4v) is 5.92. The largest absolute Gasteiger partial charge is 0.418 e. The molecule has 3 fully saturated rings. The van der Waals surface area contributed by atoms with Gasteiger partial charge in [-0.15, -0.1) is 0 Å². The topological polar surface area (TPSA) is 88.9 Å². The monoisotopic (exact) mass is 466 g/mol. The van der Waals surface area contributed by atoms with E-state index in [4.69, 9.17) is 19.5 Å². The Kier molecular flexibility index (Phi) is 5.59. The summed E-state index contributed by atoms with van der Waals surface area (Å²) in [7, 11) is 1.56. The van der Waals surface area contributed by atoms with Gasteiger partial charge in [-0.2, -0.15) is 18.4 Å². The Morgan fingerprint density at radius 2 is 1.88 bits per heavy atom. The van der Waals surface area contributed by atoms with Gasteiger partial charge >= 0.3 is 6.18 Å². The molecule has 1 aromatic carbocycles. The highest BCUT2D eigenvalue weighted by Gasteiger charge is 2.75. The number of hydrogen-bond donors (Lipinski definition) is 0. The molecule has 0 aliphatic carbocycles. The fourth-order valence-electron chi connectivity index (χ4n) is 5.92. The second-order valence-electron chi connectivity index (χ2n) is 9.28. The molecule has 1 unspecified atom stereocenters. The summed E-state index contributed by atoms with van der Waals surface area (Å²) in [5, 5.41) is 9.14. The van der Waals surface area contributed by atoms with Crippen molar-refractivity contribution >= 4 is 17.5 Å². The van der Waals surface area contributed by atoms with Crippen molar-refractivity contribution in [2.45, 2.75) is 44.6 Å². The van der Waals surface area contributed by atoms with E-state index in [2.05, 4.69) is 0 Å². The Balaban J connectivity index is 1.71. The minimum absolute atomic E-state index is 0.148. The van der Waals surface area contributed by atoms with E-state index in [1.165, 1.54) is 13.0 Å². The Bertz CT molecular complexity index is 1050. The normalized spacial score (nSPS) is 33.0. The first-order valence-corrected chi connectivity index (χ1v) is 10.7. The maximum Gasteiger partial charge on any atom is 0.418 e. The zero-order chi connectivity index (χ0) is 24.3. The average Bonchev–Trinajstić information content (AvgIpc) is 3.25. The highest BCUT2D eigenvalue weighted by Crippen LogP contribution is 2.63. The van der Waals surface area contributed by atoms with E-state index in [-0.39, 0.29) is 17.2 Å². The highest BCUT2D eigenvalue weighted by atomic mass is 19.4. The van der Waals surface area contributed by atoms with E-state index in [0.717, 1.165) is 11.0 Å². The summed E-state index contributed by atoms with van der Waals surface area (Å²) in [6.07, 6.45) is -4.32. The van der Waals surface area contributed by atoms with Crippen molar-refractivity contribution in [3.8, 4) is 6.07 Å². The van der Waals surface area contributed by atoms with Gasteiger partial charge in [0.2, 0.25) is 11.8 Å². The molecule has 33 heavy (non-hydrogen) atoms. The molecule has 0 spiro atoms. The number of alkyl halides is 3. The standard InChI is InChI=1S/C23H25F3N2O5/c1-12-15(6-5-13(10-27)16(12)23(24,25)26)28-19(29)17-18(20(28)30)22(3)14(9-21(17,2)33-22)11-32-8-7-31-4/h5-6,14,17-18H,7-9,11H2,1-4H3/t14?,17-,18+,21-,22+/m1/s1. The second-order valence-corrected chi connectivity index (χ2v) is 9.28. The van der Waals surface area contributed by atoms with Crippen LogP contribution in [0.1, 0.15) is 37.0 Å². The SMILES string of the molecule is COCCOCC1C[C@@]2(C)O[C@]1(C)[C@@H]1C(=O)N(c3ccc(C#N)c(C(F)(F)F)c3C)C(=O)[C@@H]12. The molecule has 0 aromatic heterocycles. The van der Waals surface area contributed by atoms with E-state index in [9.17, 15) is 22.8 Å². The van der Waals surface area contributed by atoms with Crippen molar-refractivity contribution in [2.75, 3.05) is 31.8 Å². The maximum absolute atomic E-state index is 13.7. The predicted octanol–water partition coefficient (Wildman–Crippen LogP) is 3.22. The molecule has 10 heteroatoms. The molecule has 1 aromatic rings. The Morgan fingerprint density at radius 1 is 1.21 bits per heavy atom. The van der Waals surface area contributed by atoms with Crippen molar-refractivity contribution in [1.29, 1.82) is 5.26 Å². The molecule has 3 aliphatic rings. The third-order valence-corrected chi connectivity index (χ3v) is 7.33. The highest BCUT2D eigenvalue weighted by molar-refractivity contribution is 6.23. The van der Waals surface area contributed by atoms with Gasteiger partial charge in [-0.25, -0.2) is 4.90 Å². The van der Waals surface area contributed by atoms with Crippen molar-refractivity contribution in [3.63, 3.8) is 0 Å². The molecule has 178 valence electrons. The molecule has 0 saturated carbocycles. The van der Waals surface area contributed by atoms with Gasteiger partial charge in [-0.3, -0.25) is 9.59 Å². The van der Waals surface area contributed by atoms with Gasteiger partial charge in [-0.1, -0.05) is 0 Å². The number of nitrogens with zero attached hydrogens (tertiary/aromatic N) is 2. The van der Waals surface area contributed by atoms with Crippen molar-refractivity contribution in [2.24, 2.45) is 17.8 Å². The van der Waals surface area contributed by atoms with Crippen LogP contribution < -0.4 is 4.90 Å². The van der Waals surface area contributed by atoms with E-state index in [1.54, 1.807) is 27.0 Å². The first-order chi connectivity index (χ1) is 15.4. The summed E-state index contributed by atoms with van der Waals surface area (Å²) in [6, 6.07) is 3.78. The minimum atomic E-state index is -4.81. The van der Waals surface area contributed by atoms with Crippen LogP contribution >= 0.6 is 0 Å². The molecular weight excluding hydrogens is 441 g/mol. The number of nitriles is 1. The summed E-state index contributed by atoms with van der Waals surface area (Å²) in [5.74, 6) is -2.95. The van der Waals surface area contributed by atoms with Crippen LogP contribution in [0.15, 0.2) is 12.1 Å². The van der Waals surface area contributed by atoms with Crippen molar-refractivity contribution in [1.82, 2.24) is 0 Å². The van der Waals surface area contributed by atoms with Crippen LogP contribution in [0.3, 0.4) is 0 Å². The number of anilines is 1. The first-order valence-electron chi connectivity index (χ1n) is 10.7. The number of fused-ring (bicyclic) bond motifs is 5. The van der Waals surface area contributed by atoms with Crippen molar-refractivity contribution in [3.05, 3.63) is 28.8 Å². The third kappa shape index (κ3) is 3.36. The molecule has 3 heterocycles. The summed E-state index contributed by atoms with van der Waals surface area (Å²) in [5.41, 5.74) is -4.08. The average molecular weight is 466 g/mol. The predicted molar refractivity (Wildman–Crippen MR) is 109 cm³/mol. The lowest BCUT2D eigenvalue weighted by Crippen LogP contribution is -2.47. The molecule has 0 radical (unpaired) electrons. The number of carbonyl (C=O) groups is 2. The third-order valence-electron chi connectivity index (χ3n) is 7.33. The lowest BCUT2D eigenvalue weighted by Gasteiger charge is -2.35. The zero-order valence-electron chi connectivity index (χ0n) is 18.8. The summed E-state index contributed by atoms with van der Waals surface area (Å²) >= 11 is 0. The molecule has 3 saturated heterocycles. The number of benzene rings is 1. The van der Waals surface area contributed by atoms with Gasteiger partial charge < -0.3 is 14.2 Å². The summed E-state index contributed by atoms with van der Waals surface area (Å²) in [4.78, 5) is 27.8. The molecule has 2 amide bonds. The van der Waals surface area contributed by atoms with Gasteiger partial charge in [-0.05, 0) is 44.9 Å². The van der Waals surface area contributed by atoms with Crippen molar-refractivity contribution < 1.29 is 37.0 Å². The number of rotatable bonds is 6. The number of methoxy groups -OCH3 is 1. The van der Waals surface area contributed by atoms with Gasteiger partial charge in [0.15, 0.2) is 0 Å². The first kappa shape index (κ1) is 23.7. The van der Waals surface area contributed by atoms with Gasteiger partial charge in [0.1, 0.15) is 0 Å². The smallest absolute Gasteiger partial charge is 0.382 e. The number of amides is 2. The number of carbonyl (C=O) groups excluding carboxylic acids is 2. The molecule has 0 N–H and O–H groups in total. The van der Waals surface area contributed by atoms with Crippen LogP contribution in [-0.4, -0.2) is 49.9 Å². The van der Waals surface area contributed by atoms with Crippen LogP contribution in [0.25, 0.3) is 0 Å². The summed E-state index contributed by atoms with van der Waals surface area (Å²) < 4.78 is 58.0. The molecule has 2 bridgehead atoms. The fraction of sp³-hybridized carbons (Fsp3) is 0.609. The van der Waals surface area contributed by atoms with Crippen LogP contribution in [0, 0.1) is 36.0 Å². The van der Waals surface area contributed by atoms with E-state index >= 15 is 0 Å². The quantitative estimate of drug-likeness (QED) is 0.473. The van der Waals surface area contributed by atoms with Crippen LogP contribution in [0.5, 0.6) is 0 Å². The molecular formula is C23H25F3N2O5. The van der Waals surface area contributed by atoms with Crippen LogP contribution in [0.4, 0.5) is 18.9 Å².